The zero-order valence-electron chi connectivity index (χ0n) is 15.9. The van der Waals surface area contributed by atoms with E-state index in [1.807, 2.05) is 0 Å². The lowest BCUT2D eigenvalue weighted by molar-refractivity contribution is -0.146. The number of amides is 1. The van der Waals surface area contributed by atoms with Gasteiger partial charge in [-0.15, -0.1) is 0 Å². The maximum atomic E-state index is 12.7. The summed E-state index contributed by atoms with van der Waals surface area (Å²) >= 11 is 0. The van der Waals surface area contributed by atoms with Crippen LogP contribution in [0, 0.1) is 0 Å². The van der Waals surface area contributed by atoms with Gasteiger partial charge in [-0.25, -0.2) is 13.1 Å². The van der Waals surface area contributed by atoms with E-state index in [-0.39, 0.29) is 17.3 Å². The van der Waals surface area contributed by atoms with Gasteiger partial charge >= 0.3 is 0 Å². The minimum absolute atomic E-state index is 0.124. The van der Waals surface area contributed by atoms with E-state index < -0.39 is 21.2 Å². The van der Waals surface area contributed by atoms with Crippen molar-refractivity contribution in [1.82, 2.24) is 15.4 Å². The van der Waals surface area contributed by atoms with E-state index in [9.17, 15) is 13.2 Å². The third-order valence-corrected chi connectivity index (χ3v) is 6.22. The number of rotatable bonds is 6. The Morgan fingerprint density at radius 2 is 1.85 bits per heavy atom. The zero-order chi connectivity index (χ0) is 19.4. The van der Waals surface area contributed by atoms with Crippen LogP contribution in [0.2, 0.25) is 0 Å². The monoisotopic (exact) mass is 383 g/mol. The van der Waals surface area contributed by atoms with E-state index in [0.29, 0.717) is 31.5 Å². The molecule has 0 bridgehead atoms. The predicted octanol–water partition coefficient (Wildman–Crippen LogP) is 1.15. The van der Waals surface area contributed by atoms with E-state index in [4.69, 9.17) is 4.74 Å². The standard InChI is InChI=1S/C18H29N3O4S/c1-17(2,3)21-26(23,24)15-8-6-5-7-14(15)13-20-16(22)18(25-4)9-11-19-12-10-18/h5-8,19,21H,9-13H2,1-4H3,(H,20,22). The molecule has 0 radical (unpaired) electrons. The van der Waals surface area contributed by atoms with Gasteiger partial charge in [0, 0.05) is 19.2 Å². The van der Waals surface area contributed by atoms with Crippen molar-refractivity contribution in [2.75, 3.05) is 20.2 Å². The Hall–Kier alpha value is -1.48. The molecule has 0 spiro atoms. The van der Waals surface area contributed by atoms with Crippen LogP contribution < -0.4 is 15.4 Å². The third kappa shape index (κ3) is 5.03. The van der Waals surface area contributed by atoms with Crippen LogP contribution in [0.3, 0.4) is 0 Å². The molecule has 0 atom stereocenters. The lowest BCUT2D eigenvalue weighted by Crippen LogP contribution is -2.54. The number of methoxy groups -OCH3 is 1. The van der Waals surface area contributed by atoms with Crippen molar-refractivity contribution in [2.45, 2.75) is 56.2 Å². The SMILES string of the molecule is COC1(C(=O)NCc2ccccc2S(=O)(=O)NC(C)(C)C)CCNCC1. The van der Waals surface area contributed by atoms with Crippen LogP contribution in [-0.4, -0.2) is 45.7 Å². The largest absolute Gasteiger partial charge is 0.368 e. The molecule has 26 heavy (non-hydrogen) atoms. The minimum Gasteiger partial charge on any atom is -0.368 e. The van der Waals surface area contributed by atoms with Crippen LogP contribution in [-0.2, 0) is 26.1 Å². The van der Waals surface area contributed by atoms with Crippen LogP contribution in [0.25, 0.3) is 0 Å². The molecule has 1 aromatic rings. The zero-order valence-corrected chi connectivity index (χ0v) is 16.7. The summed E-state index contributed by atoms with van der Waals surface area (Å²) in [6.07, 6.45) is 1.17. The molecule has 0 aromatic heterocycles. The molecule has 1 saturated heterocycles. The van der Waals surface area contributed by atoms with Crippen LogP contribution in [0.5, 0.6) is 0 Å². The molecule has 1 aliphatic rings. The van der Waals surface area contributed by atoms with Crippen LogP contribution in [0.4, 0.5) is 0 Å². The molecule has 0 aliphatic carbocycles. The average molecular weight is 384 g/mol. The lowest BCUT2D eigenvalue weighted by atomic mass is 9.91. The Bertz CT molecular complexity index is 735. The lowest BCUT2D eigenvalue weighted by Gasteiger charge is -2.34. The Morgan fingerprint density at radius 1 is 1.23 bits per heavy atom. The van der Waals surface area contributed by atoms with Crippen LogP contribution >= 0.6 is 0 Å². The summed E-state index contributed by atoms with van der Waals surface area (Å²) in [6.45, 7) is 6.90. The van der Waals surface area contributed by atoms with Crippen molar-refractivity contribution in [3.8, 4) is 0 Å². The Labute approximate surface area is 155 Å². The first-order valence-corrected chi connectivity index (χ1v) is 10.2. The van der Waals surface area contributed by atoms with Gasteiger partial charge in [0.15, 0.2) is 0 Å². The van der Waals surface area contributed by atoms with Gasteiger partial charge in [0.05, 0.1) is 4.90 Å². The summed E-state index contributed by atoms with van der Waals surface area (Å²) < 4.78 is 33.5. The maximum Gasteiger partial charge on any atom is 0.252 e. The highest BCUT2D eigenvalue weighted by atomic mass is 32.2. The fourth-order valence-corrected chi connectivity index (χ4v) is 4.72. The molecule has 1 heterocycles. The molecule has 2 rings (SSSR count). The van der Waals surface area contributed by atoms with E-state index in [1.165, 1.54) is 7.11 Å². The smallest absolute Gasteiger partial charge is 0.252 e. The average Bonchev–Trinajstić information content (AvgIpc) is 2.58. The quantitative estimate of drug-likeness (QED) is 0.685. The van der Waals surface area contributed by atoms with Gasteiger partial charge in [0.25, 0.3) is 5.91 Å². The highest BCUT2D eigenvalue weighted by molar-refractivity contribution is 7.89. The van der Waals surface area contributed by atoms with Crippen molar-refractivity contribution in [2.24, 2.45) is 0 Å². The summed E-state index contributed by atoms with van der Waals surface area (Å²) in [4.78, 5) is 12.9. The summed E-state index contributed by atoms with van der Waals surface area (Å²) in [5.41, 5.74) is -0.912. The second-order valence-corrected chi connectivity index (χ2v) is 9.25. The van der Waals surface area contributed by atoms with Gasteiger partial charge in [-0.3, -0.25) is 4.79 Å². The molecule has 1 aromatic carbocycles. The first-order chi connectivity index (χ1) is 12.1. The van der Waals surface area contributed by atoms with Crippen molar-refractivity contribution >= 4 is 15.9 Å². The molecular weight excluding hydrogens is 354 g/mol. The maximum absolute atomic E-state index is 12.7. The molecule has 0 saturated carbocycles. The van der Waals surface area contributed by atoms with Gasteiger partial charge in [-0.2, -0.15) is 0 Å². The summed E-state index contributed by atoms with van der Waals surface area (Å²) in [7, 11) is -2.15. The number of nitrogens with one attached hydrogen (secondary N) is 3. The number of hydrogen-bond donors (Lipinski definition) is 3. The number of piperidine rings is 1. The Kier molecular flexibility index (Phi) is 6.44. The minimum atomic E-state index is -3.68. The number of hydrogen-bond acceptors (Lipinski definition) is 5. The molecular formula is C18H29N3O4S. The van der Waals surface area contributed by atoms with E-state index in [1.54, 1.807) is 45.0 Å². The second-order valence-electron chi connectivity index (χ2n) is 7.59. The molecule has 146 valence electrons. The summed E-state index contributed by atoms with van der Waals surface area (Å²) in [5.74, 6) is -0.211. The number of benzene rings is 1. The fourth-order valence-electron chi connectivity index (χ4n) is 3.06. The Balaban J connectivity index is 2.17. The summed E-state index contributed by atoms with van der Waals surface area (Å²) in [6, 6.07) is 6.69. The van der Waals surface area contributed by atoms with Crippen molar-refractivity contribution < 1.29 is 17.9 Å². The predicted molar refractivity (Wildman–Crippen MR) is 100 cm³/mol. The van der Waals surface area contributed by atoms with Crippen molar-refractivity contribution in [1.29, 1.82) is 0 Å². The third-order valence-electron chi connectivity index (χ3n) is 4.36. The van der Waals surface area contributed by atoms with Gasteiger partial charge in [0.1, 0.15) is 5.60 Å². The number of carbonyl (C=O) groups is 1. The van der Waals surface area contributed by atoms with Crippen LogP contribution in [0.1, 0.15) is 39.2 Å². The molecule has 7 nitrogen and oxygen atoms in total. The van der Waals surface area contributed by atoms with Gasteiger partial charge in [-0.1, -0.05) is 18.2 Å². The van der Waals surface area contributed by atoms with E-state index >= 15 is 0 Å². The van der Waals surface area contributed by atoms with Gasteiger partial charge in [-0.05, 0) is 58.3 Å². The molecule has 1 amide bonds. The number of sulfonamides is 1. The normalized spacial score (nSPS) is 17.7. The summed E-state index contributed by atoms with van der Waals surface area (Å²) in [5, 5.41) is 6.06. The van der Waals surface area contributed by atoms with E-state index in [2.05, 4.69) is 15.4 Å². The van der Waals surface area contributed by atoms with E-state index in [0.717, 1.165) is 0 Å². The van der Waals surface area contributed by atoms with Crippen molar-refractivity contribution in [3.63, 3.8) is 0 Å². The molecule has 0 unspecified atom stereocenters. The Morgan fingerprint density at radius 3 is 2.42 bits per heavy atom. The van der Waals surface area contributed by atoms with Gasteiger partial charge in [0.2, 0.25) is 10.0 Å². The molecule has 3 N–H and O–H groups in total. The first kappa shape index (κ1) is 20.8. The van der Waals surface area contributed by atoms with Gasteiger partial charge < -0.3 is 15.4 Å². The number of ether oxygens (including phenoxy) is 1. The number of carbonyl (C=O) groups excluding carboxylic acids is 1. The fraction of sp³-hybridized carbons (Fsp3) is 0.611. The topological polar surface area (TPSA) is 96.5 Å². The molecule has 1 aliphatic heterocycles. The molecule has 8 heteroatoms. The highest BCUT2D eigenvalue weighted by Gasteiger charge is 2.39. The van der Waals surface area contributed by atoms with Crippen LogP contribution in [0.15, 0.2) is 29.2 Å². The molecule has 1 fully saturated rings. The second kappa shape index (κ2) is 8.04. The first-order valence-electron chi connectivity index (χ1n) is 8.76. The van der Waals surface area contributed by atoms with Crippen molar-refractivity contribution in [3.05, 3.63) is 29.8 Å². The highest BCUT2D eigenvalue weighted by Crippen LogP contribution is 2.23.